The molecule has 1 aliphatic rings. The number of β-amino-alcohol motifs (C(OH)–C–C–N with tert-alkyl or cyclic N) is 1. The fraction of sp³-hybridized carbons (Fsp3) is 0.667. The van der Waals surface area contributed by atoms with Crippen LogP contribution in [0.1, 0.15) is 4.88 Å². The summed E-state index contributed by atoms with van der Waals surface area (Å²) in [5.41, 5.74) is 0. The van der Waals surface area contributed by atoms with Crippen LogP contribution < -0.4 is 4.87 Å². The topological polar surface area (TPSA) is 92.2 Å². The van der Waals surface area contributed by atoms with Gasteiger partial charge in [-0.2, -0.15) is 0 Å². The van der Waals surface area contributed by atoms with Crippen molar-refractivity contribution < 1.29 is 10.2 Å². The number of aromatic hydroxyl groups is 1. The molecule has 0 radical (unpaired) electrons. The van der Waals surface area contributed by atoms with Crippen molar-refractivity contribution in [2.45, 2.75) is 0 Å². The fourth-order valence-electron chi connectivity index (χ4n) is 2.14. The number of thiazole rings is 1. The van der Waals surface area contributed by atoms with Crippen molar-refractivity contribution >= 4 is 17.6 Å². The summed E-state index contributed by atoms with van der Waals surface area (Å²) in [4.78, 5) is 22.3. The molecule has 1 aliphatic heterocycles. The quantitative estimate of drug-likeness (QED) is 0.597. The van der Waals surface area contributed by atoms with Gasteiger partial charge in [0.05, 0.1) is 13.2 Å². The van der Waals surface area contributed by atoms with Gasteiger partial charge in [0.2, 0.25) is 5.88 Å². The summed E-state index contributed by atoms with van der Waals surface area (Å²) in [6.07, 6.45) is 1.54. The van der Waals surface area contributed by atoms with E-state index < -0.39 is 0 Å². The first-order chi connectivity index (χ1) is 9.69. The third kappa shape index (κ3) is 4.41. The summed E-state index contributed by atoms with van der Waals surface area (Å²) in [5.74, 6) is -0.110. The average Bonchev–Trinajstić information content (AvgIpc) is 2.75. The molecule has 0 aromatic carbocycles. The van der Waals surface area contributed by atoms with Crippen LogP contribution in [0, 0.1) is 0 Å². The lowest BCUT2D eigenvalue weighted by atomic mass is 10.3. The van der Waals surface area contributed by atoms with Crippen LogP contribution in [0.25, 0.3) is 0 Å². The SMILES string of the molecule is O=c1[nH]c(O)c(C=NCCN2CCN(CCO)CC2)s1. The van der Waals surface area contributed by atoms with Gasteiger partial charge in [-0.25, -0.2) is 0 Å². The van der Waals surface area contributed by atoms with Crippen LogP contribution >= 0.6 is 11.3 Å². The van der Waals surface area contributed by atoms with Gasteiger partial charge in [-0.1, -0.05) is 11.3 Å². The van der Waals surface area contributed by atoms with Gasteiger partial charge in [-0.3, -0.25) is 24.6 Å². The molecule has 1 fully saturated rings. The molecular weight excluding hydrogens is 280 g/mol. The summed E-state index contributed by atoms with van der Waals surface area (Å²) in [6, 6.07) is 0. The molecule has 0 amide bonds. The predicted molar refractivity (Wildman–Crippen MR) is 79.0 cm³/mol. The van der Waals surface area contributed by atoms with Crippen LogP contribution in [0.15, 0.2) is 9.79 Å². The average molecular weight is 300 g/mol. The first kappa shape index (κ1) is 15.2. The van der Waals surface area contributed by atoms with Crippen LogP contribution in [0.5, 0.6) is 5.88 Å². The molecule has 1 aromatic heterocycles. The molecule has 0 atom stereocenters. The Kier molecular flexibility index (Phi) is 5.72. The highest BCUT2D eigenvalue weighted by Crippen LogP contribution is 2.12. The van der Waals surface area contributed by atoms with E-state index in [1.54, 1.807) is 6.21 Å². The molecule has 3 N–H and O–H groups in total. The molecule has 2 heterocycles. The number of hydrogen-bond donors (Lipinski definition) is 3. The molecular formula is C12H20N4O3S. The molecule has 1 aromatic rings. The van der Waals surface area contributed by atoms with Crippen molar-refractivity contribution in [2.24, 2.45) is 4.99 Å². The van der Waals surface area contributed by atoms with Crippen LogP contribution in [0.4, 0.5) is 0 Å². The van der Waals surface area contributed by atoms with E-state index in [2.05, 4.69) is 19.8 Å². The predicted octanol–water partition coefficient (Wildman–Crippen LogP) is -0.829. The minimum absolute atomic E-state index is 0.110. The Morgan fingerprint density at radius 1 is 1.25 bits per heavy atom. The summed E-state index contributed by atoms with van der Waals surface area (Å²) in [7, 11) is 0. The normalized spacial score (nSPS) is 18.1. The van der Waals surface area contributed by atoms with Crippen molar-refractivity contribution in [2.75, 3.05) is 52.4 Å². The Hall–Kier alpha value is -1.22. The molecule has 20 heavy (non-hydrogen) atoms. The molecule has 0 bridgehead atoms. The number of aliphatic imine (C=N–C) groups is 1. The van der Waals surface area contributed by atoms with E-state index in [4.69, 9.17) is 5.11 Å². The van der Waals surface area contributed by atoms with Gasteiger partial charge in [0.25, 0.3) is 0 Å². The van der Waals surface area contributed by atoms with Gasteiger partial charge in [0, 0.05) is 45.5 Å². The standard InChI is InChI=1S/C12H20N4O3S/c17-8-7-16-5-3-15(4-6-16)2-1-13-9-10-11(18)14-12(19)20-10/h9,17-18H,1-8H2,(H,14,19). The second kappa shape index (κ2) is 7.53. The van der Waals surface area contributed by atoms with Gasteiger partial charge in [-0.05, 0) is 0 Å². The molecule has 0 saturated carbocycles. The summed E-state index contributed by atoms with van der Waals surface area (Å²) < 4.78 is 0. The number of rotatable bonds is 6. The second-order valence-corrected chi connectivity index (χ2v) is 5.68. The van der Waals surface area contributed by atoms with E-state index in [0.29, 0.717) is 11.4 Å². The Labute approximate surface area is 121 Å². The number of aliphatic hydroxyl groups is 1. The maximum atomic E-state index is 11.0. The summed E-state index contributed by atoms with van der Waals surface area (Å²) >= 11 is 0.952. The molecule has 0 aliphatic carbocycles. The molecule has 0 spiro atoms. The van der Waals surface area contributed by atoms with Gasteiger partial charge >= 0.3 is 4.87 Å². The van der Waals surface area contributed by atoms with Gasteiger partial charge < -0.3 is 10.2 Å². The Bertz CT molecular complexity index is 491. The van der Waals surface area contributed by atoms with Gasteiger partial charge in [0.15, 0.2) is 0 Å². The van der Waals surface area contributed by atoms with Crippen molar-refractivity contribution in [3.05, 3.63) is 14.5 Å². The zero-order valence-corrected chi connectivity index (χ0v) is 12.1. The number of nitrogens with zero attached hydrogens (tertiary/aromatic N) is 3. The highest BCUT2D eigenvalue weighted by atomic mass is 32.1. The van der Waals surface area contributed by atoms with E-state index in [1.807, 2.05) is 0 Å². The number of nitrogens with one attached hydrogen (secondary N) is 1. The number of H-pyrrole nitrogens is 1. The minimum Gasteiger partial charge on any atom is -0.493 e. The van der Waals surface area contributed by atoms with Crippen molar-refractivity contribution in [1.29, 1.82) is 0 Å². The fourth-order valence-corrected chi connectivity index (χ4v) is 2.77. The lowest BCUT2D eigenvalue weighted by molar-refractivity contribution is 0.115. The third-order valence-electron chi connectivity index (χ3n) is 3.29. The molecule has 112 valence electrons. The number of aromatic amines is 1. The number of piperazine rings is 1. The van der Waals surface area contributed by atoms with Crippen molar-refractivity contribution in [3.8, 4) is 5.88 Å². The van der Waals surface area contributed by atoms with Crippen LogP contribution in [-0.4, -0.2) is 83.6 Å². The van der Waals surface area contributed by atoms with Crippen LogP contribution in [0.2, 0.25) is 0 Å². The Balaban J connectivity index is 1.69. The summed E-state index contributed by atoms with van der Waals surface area (Å²) in [5, 5.41) is 18.3. The zero-order valence-electron chi connectivity index (χ0n) is 11.3. The van der Waals surface area contributed by atoms with Gasteiger partial charge in [0.1, 0.15) is 4.88 Å². The van der Waals surface area contributed by atoms with E-state index in [1.165, 1.54) is 0 Å². The maximum Gasteiger partial charge on any atom is 0.307 e. The van der Waals surface area contributed by atoms with E-state index in [0.717, 1.165) is 50.6 Å². The largest absolute Gasteiger partial charge is 0.493 e. The van der Waals surface area contributed by atoms with Crippen LogP contribution in [0.3, 0.4) is 0 Å². The number of aliphatic hydroxyl groups excluding tert-OH is 1. The lowest BCUT2D eigenvalue weighted by Crippen LogP contribution is -2.47. The molecule has 2 rings (SSSR count). The second-order valence-electron chi connectivity index (χ2n) is 4.67. The van der Waals surface area contributed by atoms with Crippen molar-refractivity contribution in [1.82, 2.24) is 14.8 Å². The lowest BCUT2D eigenvalue weighted by Gasteiger charge is -2.33. The maximum absolute atomic E-state index is 11.0. The molecule has 8 heteroatoms. The Morgan fingerprint density at radius 2 is 1.90 bits per heavy atom. The number of hydrogen-bond acceptors (Lipinski definition) is 7. The zero-order chi connectivity index (χ0) is 14.4. The smallest absolute Gasteiger partial charge is 0.307 e. The number of aromatic nitrogens is 1. The highest BCUT2D eigenvalue weighted by molar-refractivity contribution is 7.11. The molecule has 7 nitrogen and oxygen atoms in total. The van der Waals surface area contributed by atoms with Gasteiger partial charge in [-0.15, -0.1) is 0 Å². The van der Waals surface area contributed by atoms with E-state index in [-0.39, 0.29) is 17.4 Å². The Morgan fingerprint density at radius 3 is 2.45 bits per heavy atom. The first-order valence-corrected chi connectivity index (χ1v) is 7.48. The van der Waals surface area contributed by atoms with E-state index in [9.17, 15) is 9.90 Å². The third-order valence-corrected chi connectivity index (χ3v) is 4.10. The van der Waals surface area contributed by atoms with Crippen LogP contribution in [-0.2, 0) is 0 Å². The first-order valence-electron chi connectivity index (χ1n) is 6.66. The highest BCUT2D eigenvalue weighted by Gasteiger charge is 2.15. The summed E-state index contributed by atoms with van der Waals surface area (Å²) in [6.45, 7) is 6.39. The molecule has 0 unspecified atom stereocenters. The minimum atomic E-state index is -0.274. The molecule has 1 saturated heterocycles. The van der Waals surface area contributed by atoms with E-state index >= 15 is 0 Å². The van der Waals surface area contributed by atoms with Crippen molar-refractivity contribution in [3.63, 3.8) is 0 Å². The monoisotopic (exact) mass is 300 g/mol.